The number of ether oxygens (including phenoxy) is 2. The van der Waals surface area contributed by atoms with Gasteiger partial charge in [-0.15, -0.1) is 0 Å². The van der Waals surface area contributed by atoms with Gasteiger partial charge in [0.1, 0.15) is 0 Å². The van der Waals surface area contributed by atoms with Crippen molar-refractivity contribution in [3.05, 3.63) is 0 Å². The van der Waals surface area contributed by atoms with Gasteiger partial charge in [0.15, 0.2) is 0 Å². The summed E-state index contributed by atoms with van der Waals surface area (Å²) >= 11 is 0. The van der Waals surface area contributed by atoms with Crippen LogP contribution in [0.2, 0.25) is 0 Å². The maximum Gasteiger partial charge on any atom is 0.0940 e. The number of likely N-dealkylation sites (tertiary alicyclic amines) is 1. The van der Waals surface area contributed by atoms with Gasteiger partial charge in [0, 0.05) is 32.7 Å². The molecule has 4 nitrogen and oxygen atoms in total. The van der Waals surface area contributed by atoms with Crippen molar-refractivity contribution >= 4 is 0 Å². The molecule has 0 aromatic rings. The molecule has 4 heteroatoms. The van der Waals surface area contributed by atoms with Crippen LogP contribution in [0.5, 0.6) is 0 Å². The second-order valence-electron chi connectivity index (χ2n) is 6.97. The highest BCUT2D eigenvalue weighted by atomic mass is 16.6. The minimum Gasteiger partial charge on any atom is -0.389 e. The van der Waals surface area contributed by atoms with Crippen molar-refractivity contribution < 1.29 is 14.6 Å². The maximum atomic E-state index is 11.1. The third kappa shape index (κ3) is 2.89. The SMILES string of the molecule is CCCN1CCC(O)(C2CCOC3(CCOC3)C2)CC1. The van der Waals surface area contributed by atoms with Gasteiger partial charge >= 0.3 is 0 Å². The summed E-state index contributed by atoms with van der Waals surface area (Å²) < 4.78 is 11.5. The summed E-state index contributed by atoms with van der Waals surface area (Å²) in [6, 6.07) is 0. The Balaban J connectivity index is 1.60. The molecule has 2 atom stereocenters. The molecule has 20 heavy (non-hydrogen) atoms. The summed E-state index contributed by atoms with van der Waals surface area (Å²) in [4.78, 5) is 2.49. The monoisotopic (exact) mass is 283 g/mol. The van der Waals surface area contributed by atoms with Gasteiger partial charge in [0.05, 0.1) is 17.8 Å². The molecule has 0 radical (unpaired) electrons. The summed E-state index contributed by atoms with van der Waals surface area (Å²) in [5.41, 5.74) is -0.553. The number of piperidine rings is 1. The highest BCUT2D eigenvalue weighted by Gasteiger charge is 2.48. The molecule has 3 aliphatic rings. The van der Waals surface area contributed by atoms with Gasteiger partial charge in [-0.1, -0.05) is 6.92 Å². The van der Waals surface area contributed by atoms with Crippen LogP contribution in [0.3, 0.4) is 0 Å². The molecule has 3 saturated heterocycles. The summed E-state index contributed by atoms with van der Waals surface area (Å²) in [5.74, 6) is 0.390. The van der Waals surface area contributed by atoms with Crippen molar-refractivity contribution in [1.82, 2.24) is 4.90 Å². The maximum absolute atomic E-state index is 11.1. The Bertz CT molecular complexity index is 320. The first-order valence-electron chi connectivity index (χ1n) is 8.32. The van der Waals surface area contributed by atoms with E-state index in [-0.39, 0.29) is 5.60 Å². The Labute approximate surface area is 122 Å². The quantitative estimate of drug-likeness (QED) is 0.858. The molecule has 0 aliphatic carbocycles. The van der Waals surface area contributed by atoms with Gasteiger partial charge in [0.25, 0.3) is 0 Å². The number of nitrogens with zero attached hydrogens (tertiary/aromatic N) is 1. The predicted octanol–water partition coefficient (Wildman–Crippen LogP) is 1.81. The van der Waals surface area contributed by atoms with E-state index in [0.29, 0.717) is 5.92 Å². The minimum atomic E-state index is -0.469. The lowest BCUT2D eigenvalue weighted by Gasteiger charge is -2.48. The predicted molar refractivity (Wildman–Crippen MR) is 77.8 cm³/mol. The zero-order chi connectivity index (χ0) is 14.1. The number of hydrogen-bond donors (Lipinski definition) is 1. The van der Waals surface area contributed by atoms with E-state index in [1.165, 1.54) is 13.0 Å². The fraction of sp³-hybridized carbons (Fsp3) is 1.00. The molecule has 0 bridgehead atoms. The Morgan fingerprint density at radius 2 is 2.00 bits per heavy atom. The van der Waals surface area contributed by atoms with E-state index in [4.69, 9.17) is 9.47 Å². The molecule has 3 aliphatic heterocycles. The normalized spacial score (nSPS) is 38.4. The molecule has 0 saturated carbocycles. The van der Waals surface area contributed by atoms with Crippen LogP contribution in [0.1, 0.15) is 45.4 Å². The Hall–Kier alpha value is -0.160. The van der Waals surface area contributed by atoms with Crippen LogP contribution in [0.4, 0.5) is 0 Å². The molecule has 1 spiro atoms. The lowest BCUT2D eigenvalue weighted by atomic mass is 9.71. The standard InChI is InChI=1S/C16H29NO3/c1-2-7-17-8-4-16(18,5-9-17)14-3-10-20-15(12-14)6-11-19-13-15/h14,18H,2-13H2,1H3. The van der Waals surface area contributed by atoms with Gasteiger partial charge in [-0.25, -0.2) is 0 Å². The molecule has 116 valence electrons. The van der Waals surface area contributed by atoms with Crippen molar-refractivity contribution in [1.29, 1.82) is 0 Å². The van der Waals surface area contributed by atoms with Crippen molar-refractivity contribution in [2.75, 3.05) is 39.5 Å². The van der Waals surface area contributed by atoms with E-state index in [1.807, 2.05) is 0 Å². The molecular formula is C16H29NO3. The second kappa shape index (κ2) is 5.91. The van der Waals surface area contributed by atoms with Crippen molar-refractivity contribution in [2.45, 2.75) is 56.7 Å². The van der Waals surface area contributed by atoms with Gasteiger partial charge in [-0.05, 0) is 44.6 Å². The summed E-state index contributed by atoms with van der Waals surface area (Å²) in [5, 5.41) is 11.1. The number of hydrogen-bond acceptors (Lipinski definition) is 4. The fourth-order valence-corrected chi connectivity index (χ4v) is 4.24. The van der Waals surface area contributed by atoms with Crippen molar-refractivity contribution in [3.63, 3.8) is 0 Å². The van der Waals surface area contributed by atoms with Gasteiger partial charge in [-0.2, -0.15) is 0 Å². The van der Waals surface area contributed by atoms with Crippen LogP contribution in [0.15, 0.2) is 0 Å². The number of rotatable bonds is 3. The van der Waals surface area contributed by atoms with Crippen LogP contribution in [0.25, 0.3) is 0 Å². The first kappa shape index (κ1) is 14.8. The lowest BCUT2D eigenvalue weighted by molar-refractivity contribution is -0.155. The molecule has 0 aromatic heterocycles. The smallest absolute Gasteiger partial charge is 0.0940 e. The zero-order valence-corrected chi connectivity index (χ0v) is 12.8. The lowest BCUT2D eigenvalue weighted by Crippen LogP contribution is -2.53. The van der Waals surface area contributed by atoms with Crippen LogP contribution < -0.4 is 0 Å². The molecule has 3 rings (SSSR count). The highest BCUT2D eigenvalue weighted by Crippen LogP contribution is 2.43. The third-order valence-electron chi connectivity index (χ3n) is 5.58. The Morgan fingerprint density at radius 1 is 1.20 bits per heavy atom. The van der Waals surface area contributed by atoms with E-state index >= 15 is 0 Å². The molecule has 0 aromatic carbocycles. The third-order valence-corrected chi connectivity index (χ3v) is 5.58. The summed E-state index contributed by atoms with van der Waals surface area (Å²) in [7, 11) is 0. The molecule has 0 amide bonds. The molecule has 3 heterocycles. The first-order valence-corrected chi connectivity index (χ1v) is 8.32. The van der Waals surface area contributed by atoms with Crippen LogP contribution in [-0.2, 0) is 9.47 Å². The Morgan fingerprint density at radius 3 is 2.65 bits per heavy atom. The molecule has 1 N–H and O–H groups in total. The molecule has 3 fully saturated rings. The van der Waals surface area contributed by atoms with E-state index in [0.717, 1.165) is 65.0 Å². The van der Waals surface area contributed by atoms with Gasteiger partial charge in [0.2, 0.25) is 0 Å². The highest BCUT2D eigenvalue weighted by molar-refractivity contribution is 4.99. The molecule has 2 unspecified atom stereocenters. The van der Waals surface area contributed by atoms with Gasteiger partial charge in [-0.3, -0.25) is 0 Å². The zero-order valence-electron chi connectivity index (χ0n) is 12.8. The van der Waals surface area contributed by atoms with E-state index in [1.54, 1.807) is 0 Å². The Kier molecular flexibility index (Phi) is 4.37. The fourth-order valence-electron chi connectivity index (χ4n) is 4.24. The largest absolute Gasteiger partial charge is 0.389 e. The van der Waals surface area contributed by atoms with Crippen LogP contribution >= 0.6 is 0 Å². The molecular weight excluding hydrogens is 254 g/mol. The van der Waals surface area contributed by atoms with Crippen molar-refractivity contribution in [2.24, 2.45) is 5.92 Å². The van der Waals surface area contributed by atoms with Crippen LogP contribution in [-0.4, -0.2) is 60.7 Å². The topological polar surface area (TPSA) is 41.9 Å². The average molecular weight is 283 g/mol. The summed E-state index contributed by atoms with van der Waals surface area (Å²) in [6.45, 7) is 7.81. The van der Waals surface area contributed by atoms with Gasteiger partial charge < -0.3 is 19.5 Å². The minimum absolute atomic E-state index is 0.0841. The number of aliphatic hydroxyl groups is 1. The first-order chi connectivity index (χ1) is 9.66. The van der Waals surface area contributed by atoms with E-state index in [2.05, 4.69) is 11.8 Å². The second-order valence-corrected chi connectivity index (χ2v) is 6.97. The average Bonchev–Trinajstić information content (AvgIpc) is 2.90. The van der Waals surface area contributed by atoms with Crippen LogP contribution in [0, 0.1) is 5.92 Å². The van der Waals surface area contributed by atoms with Crippen molar-refractivity contribution in [3.8, 4) is 0 Å². The van der Waals surface area contributed by atoms with E-state index < -0.39 is 5.60 Å². The summed E-state index contributed by atoms with van der Waals surface area (Å²) in [6.07, 6.45) is 6.05. The van der Waals surface area contributed by atoms with E-state index in [9.17, 15) is 5.11 Å².